The van der Waals surface area contributed by atoms with Crippen molar-refractivity contribution in [2.45, 2.75) is 50.6 Å². The highest BCUT2D eigenvalue weighted by atomic mass is 35.5. The lowest BCUT2D eigenvalue weighted by Gasteiger charge is -2.29. The van der Waals surface area contributed by atoms with Gasteiger partial charge in [-0.3, -0.25) is 0 Å². The van der Waals surface area contributed by atoms with E-state index in [0.717, 1.165) is 67.6 Å². The summed E-state index contributed by atoms with van der Waals surface area (Å²) in [5, 5.41) is 4.17. The van der Waals surface area contributed by atoms with Crippen LogP contribution in [0.4, 0.5) is 24.9 Å². The number of hydrogen-bond donors (Lipinski definition) is 2. The number of nitrogens with zero attached hydrogens (tertiary/aromatic N) is 3. The zero-order chi connectivity index (χ0) is 28.2. The number of para-hydroxylation sites is 1. The molecule has 1 aliphatic carbocycles. The van der Waals surface area contributed by atoms with Gasteiger partial charge in [0.05, 0.1) is 16.1 Å². The maximum atomic E-state index is 13.1. The van der Waals surface area contributed by atoms with Crippen LogP contribution in [0.5, 0.6) is 0 Å². The van der Waals surface area contributed by atoms with Gasteiger partial charge in [-0.25, -0.2) is 18.1 Å². The van der Waals surface area contributed by atoms with Gasteiger partial charge in [-0.2, -0.15) is 18.2 Å². The second-order valence-electron chi connectivity index (χ2n) is 9.82. The second-order valence-corrected chi connectivity index (χ2v) is 12.0. The number of halogens is 4. The number of fused-ring (bicyclic) bond motifs is 1. The Balaban J connectivity index is 1.33. The van der Waals surface area contributed by atoms with E-state index in [1.807, 2.05) is 24.3 Å². The molecule has 39 heavy (non-hydrogen) atoms. The third-order valence-corrected chi connectivity index (χ3v) is 9.18. The summed E-state index contributed by atoms with van der Waals surface area (Å²) in [5.41, 5.74) is -0.173. The molecule has 1 heterocycles. The molecule has 2 N–H and O–H groups in total. The lowest BCUT2D eigenvalue weighted by molar-refractivity contribution is -0.137. The quantitative estimate of drug-likeness (QED) is 0.289. The fourth-order valence-electron chi connectivity index (χ4n) is 4.97. The van der Waals surface area contributed by atoms with Crippen LogP contribution in [0, 0.1) is 11.8 Å². The number of alkyl halides is 3. The molecule has 0 unspecified atom stereocenters. The Hall–Kier alpha value is -2.63. The van der Waals surface area contributed by atoms with Gasteiger partial charge in [-0.1, -0.05) is 23.7 Å². The molecule has 3 aromatic rings. The Morgan fingerprint density at radius 1 is 0.974 bits per heavy atom. The van der Waals surface area contributed by atoms with E-state index in [0.29, 0.717) is 24.5 Å². The van der Waals surface area contributed by atoms with Crippen molar-refractivity contribution in [3.05, 3.63) is 53.1 Å². The van der Waals surface area contributed by atoms with Crippen molar-refractivity contribution in [3.63, 3.8) is 0 Å². The maximum Gasteiger partial charge on any atom is 0.416 e. The van der Waals surface area contributed by atoms with Crippen LogP contribution in [0.1, 0.15) is 45.1 Å². The van der Waals surface area contributed by atoms with E-state index in [-0.39, 0.29) is 17.5 Å². The summed E-state index contributed by atoms with van der Waals surface area (Å²) in [6, 6.07) is 10.3. The van der Waals surface area contributed by atoms with Gasteiger partial charge < -0.3 is 10.2 Å². The van der Waals surface area contributed by atoms with E-state index < -0.39 is 26.7 Å². The third kappa shape index (κ3) is 7.12. The predicted molar refractivity (Wildman–Crippen MR) is 149 cm³/mol. The SMILES string of the molecule is CCN(CC)c1nc(NC[C@H]2CC[C@H](CNS(=O)(=O)c3cc(C(F)(F)F)ccc3Cl)CC2)nc2ccccc12. The minimum Gasteiger partial charge on any atom is -0.356 e. The van der Waals surface area contributed by atoms with Crippen LogP contribution in [0.2, 0.25) is 5.02 Å². The summed E-state index contributed by atoms with van der Waals surface area (Å²) >= 11 is 5.93. The van der Waals surface area contributed by atoms with Gasteiger partial charge in [0, 0.05) is 31.6 Å². The zero-order valence-corrected chi connectivity index (χ0v) is 23.5. The van der Waals surface area contributed by atoms with Gasteiger partial charge in [0.15, 0.2) is 0 Å². The molecular weight excluding hydrogens is 551 g/mol. The summed E-state index contributed by atoms with van der Waals surface area (Å²) in [6.45, 7) is 6.72. The number of nitrogens with one attached hydrogen (secondary N) is 2. The number of benzene rings is 2. The number of rotatable bonds is 10. The van der Waals surface area contributed by atoms with Crippen molar-refractivity contribution in [2.24, 2.45) is 11.8 Å². The monoisotopic (exact) mass is 583 g/mol. The summed E-state index contributed by atoms with van der Waals surface area (Å²) in [5.74, 6) is 1.96. The Morgan fingerprint density at radius 2 is 1.62 bits per heavy atom. The summed E-state index contributed by atoms with van der Waals surface area (Å²) < 4.78 is 67.1. The van der Waals surface area contributed by atoms with Crippen molar-refractivity contribution < 1.29 is 21.6 Å². The topological polar surface area (TPSA) is 87.2 Å². The fourth-order valence-corrected chi connectivity index (χ4v) is 6.61. The summed E-state index contributed by atoms with van der Waals surface area (Å²) in [6.07, 6.45) is -1.28. The third-order valence-electron chi connectivity index (χ3n) is 7.27. The molecule has 1 aromatic heterocycles. The van der Waals surface area contributed by atoms with Gasteiger partial charge in [0.25, 0.3) is 0 Å². The molecule has 4 rings (SSSR count). The van der Waals surface area contributed by atoms with Crippen LogP contribution >= 0.6 is 11.6 Å². The molecule has 0 saturated heterocycles. The second kappa shape index (κ2) is 12.3. The van der Waals surface area contributed by atoms with Crippen molar-refractivity contribution in [1.82, 2.24) is 14.7 Å². The number of anilines is 2. The summed E-state index contributed by atoms with van der Waals surface area (Å²) in [7, 11) is -4.18. The van der Waals surface area contributed by atoms with E-state index in [9.17, 15) is 21.6 Å². The lowest BCUT2D eigenvalue weighted by Crippen LogP contribution is -2.32. The first-order valence-electron chi connectivity index (χ1n) is 13.1. The molecule has 212 valence electrons. The first-order valence-corrected chi connectivity index (χ1v) is 15.0. The number of sulfonamides is 1. The van der Waals surface area contributed by atoms with Crippen LogP contribution in [0.3, 0.4) is 0 Å². The molecule has 12 heteroatoms. The fraction of sp³-hybridized carbons (Fsp3) is 0.481. The van der Waals surface area contributed by atoms with Crippen LogP contribution < -0.4 is 14.9 Å². The van der Waals surface area contributed by atoms with E-state index in [1.165, 1.54) is 0 Å². The number of aromatic nitrogens is 2. The lowest BCUT2D eigenvalue weighted by atomic mass is 9.82. The first kappa shape index (κ1) is 29.4. The van der Waals surface area contributed by atoms with E-state index in [4.69, 9.17) is 21.6 Å². The van der Waals surface area contributed by atoms with Gasteiger partial charge in [-0.15, -0.1) is 0 Å². The minimum absolute atomic E-state index is 0.0896. The molecule has 0 radical (unpaired) electrons. The summed E-state index contributed by atoms with van der Waals surface area (Å²) in [4.78, 5) is 11.1. The Kier molecular flexibility index (Phi) is 9.23. The van der Waals surface area contributed by atoms with Gasteiger partial charge in [0.2, 0.25) is 16.0 Å². The van der Waals surface area contributed by atoms with Gasteiger partial charge >= 0.3 is 6.18 Å². The minimum atomic E-state index is -4.66. The molecule has 1 aliphatic rings. The molecule has 0 amide bonds. The smallest absolute Gasteiger partial charge is 0.356 e. The highest BCUT2D eigenvalue weighted by molar-refractivity contribution is 7.89. The Labute approximate surface area is 232 Å². The molecule has 7 nitrogen and oxygen atoms in total. The van der Waals surface area contributed by atoms with E-state index in [2.05, 4.69) is 28.8 Å². The van der Waals surface area contributed by atoms with Crippen LogP contribution in [0.25, 0.3) is 10.9 Å². The van der Waals surface area contributed by atoms with Crippen molar-refractivity contribution >= 4 is 44.3 Å². The highest BCUT2D eigenvalue weighted by Gasteiger charge is 2.33. The standard InChI is InChI=1S/C27H33ClF3N5O2S/c1-3-36(4-2)25-21-7-5-6-8-23(21)34-26(35-25)32-16-18-9-11-19(12-10-18)17-33-39(37,38)24-15-20(27(29,30)31)13-14-22(24)28/h5-8,13-15,18-19,33H,3-4,9-12,16-17H2,1-2H3,(H,32,34,35)/t18-,19-. The van der Waals surface area contributed by atoms with E-state index in [1.54, 1.807) is 0 Å². The maximum absolute atomic E-state index is 13.1. The average Bonchev–Trinajstić information content (AvgIpc) is 2.91. The number of hydrogen-bond acceptors (Lipinski definition) is 6. The normalized spacial score (nSPS) is 18.3. The average molecular weight is 584 g/mol. The van der Waals surface area contributed by atoms with Crippen molar-refractivity contribution in [2.75, 3.05) is 36.4 Å². The molecule has 1 saturated carbocycles. The van der Waals surface area contributed by atoms with Crippen LogP contribution in [-0.2, 0) is 16.2 Å². The van der Waals surface area contributed by atoms with Crippen LogP contribution in [-0.4, -0.2) is 44.6 Å². The Morgan fingerprint density at radius 3 is 2.26 bits per heavy atom. The largest absolute Gasteiger partial charge is 0.416 e. The zero-order valence-electron chi connectivity index (χ0n) is 21.9. The van der Waals surface area contributed by atoms with E-state index >= 15 is 0 Å². The molecular formula is C27H33ClF3N5O2S. The molecule has 2 aromatic carbocycles. The molecule has 0 spiro atoms. The van der Waals surface area contributed by atoms with Gasteiger partial charge in [-0.05, 0) is 81.7 Å². The first-order chi connectivity index (χ1) is 18.5. The molecule has 0 bridgehead atoms. The predicted octanol–water partition coefficient (Wildman–Crippen LogP) is 6.35. The molecule has 0 aliphatic heterocycles. The molecule has 1 fully saturated rings. The van der Waals surface area contributed by atoms with Crippen LogP contribution in [0.15, 0.2) is 47.4 Å². The highest BCUT2D eigenvalue weighted by Crippen LogP contribution is 2.34. The van der Waals surface area contributed by atoms with Gasteiger partial charge in [0.1, 0.15) is 10.7 Å². The Bertz CT molecular complexity index is 1390. The van der Waals surface area contributed by atoms with Crippen molar-refractivity contribution in [3.8, 4) is 0 Å². The van der Waals surface area contributed by atoms with Crippen molar-refractivity contribution in [1.29, 1.82) is 0 Å². The molecule has 0 atom stereocenters.